The monoisotopic (exact) mass is 350 g/mol. The average molecular weight is 350 g/mol. The molecular formula is C18H17F3N2O2. The Balaban J connectivity index is 2.26. The Hall–Kier alpha value is -2.83. The van der Waals surface area contributed by atoms with Gasteiger partial charge in [0, 0.05) is 6.42 Å². The number of amides is 2. The van der Waals surface area contributed by atoms with Crippen molar-refractivity contribution in [2.24, 2.45) is 17.4 Å². The molecule has 1 unspecified atom stereocenters. The van der Waals surface area contributed by atoms with Crippen LogP contribution in [0.4, 0.5) is 13.2 Å². The van der Waals surface area contributed by atoms with Crippen molar-refractivity contribution in [3.05, 3.63) is 59.7 Å². The number of hydrogen-bond donors (Lipinski definition) is 2. The van der Waals surface area contributed by atoms with E-state index in [1.54, 1.807) is 24.3 Å². The van der Waals surface area contributed by atoms with Gasteiger partial charge in [0.05, 0.1) is 11.5 Å². The van der Waals surface area contributed by atoms with Crippen molar-refractivity contribution >= 4 is 11.8 Å². The highest BCUT2D eigenvalue weighted by atomic mass is 19.4. The van der Waals surface area contributed by atoms with Gasteiger partial charge in [0.1, 0.15) is 0 Å². The number of carbonyl (C=O) groups is 2. The van der Waals surface area contributed by atoms with E-state index in [2.05, 4.69) is 0 Å². The first-order chi connectivity index (χ1) is 11.7. The number of primary amides is 2. The van der Waals surface area contributed by atoms with Crippen LogP contribution >= 0.6 is 0 Å². The second-order valence-corrected chi connectivity index (χ2v) is 5.71. The fourth-order valence-corrected chi connectivity index (χ4v) is 2.60. The summed E-state index contributed by atoms with van der Waals surface area (Å²) in [6, 6.07) is 11.6. The van der Waals surface area contributed by atoms with Crippen molar-refractivity contribution in [3.63, 3.8) is 0 Å². The molecule has 1 atom stereocenters. The predicted molar refractivity (Wildman–Crippen MR) is 87.1 cm³/mol. The number of hydrogen-bond acceptors (Lipinski definition) is 2. The molecule has 0 spiro atoms. The van der Waals surface area contributed by atoms with Crippen LogP contribution in [0.3, 0.4) is 0 Å². The van der Waals surface area contributed by atoms with Gasteiger partial charge in [-0.15, -0.1) is 0 Å². The first-order valence-electron chi connectivity index (χ1n) is 7.51. The lowest BCUT2D eigenvalue weighted by atomic mass is 9.93. The summed E-state index contributed by atoms with van der Waals surface area (Å²) in [6.07, 6.45) is -4.43. The molecule has 0 aromatic heterocycles. The van der Waals surface area contributed by atoms with E-state index in [-0.39, 0.29) is 18.4 Å². The molecule has 7 heteroatoms. The van der Waals surface area contributed by atoms with E-state index in [1.165, 1.54) is 18.2 Å². The van der Waals surface area contributed by atoms with E-state index in [0.717, 1.165) is 6.07 Å². The minimum Gasteiger partial charge on any atom is -0.370 e. The molecule has 4 N–H and O–H groups in total. The second-order valence-electron chi connectivity index (χ2n) is 5.71. The van der Waals surface area contributed by atoms with E-state index in [0.29, 0.717) is 11.1 Å². The summed E-state index contributed by atoms with van der Waals surface area (Å²) >= 11 is 0. The highest BCUT2D eigenvalue weighted by Gasteiger charge is 2.33. The van der Waals surface area contributed by atoms with E-state index >= 15 is 0 Å². The topological polar surface area (TPSA) is 86.2 Å². The van der Waals surface area contributed by atoms with E-state index in [1.807, 2.05) is 0 Å². The summed E-state index contributed by atoms with van der Waals surface area (Å²) in [6.45, 7) is 0. The van der Waals surface area contributed by atoms with Gasteiger partial charge in [-0.3, -0.25) is 9.59 Å². The molecule has 132 valence electrons. The fraction of sp³-hybridized carbons (Fsp3) is 0.222. The highest BCUT2D eigenvalue weighted by molar-refractivity contribution is 5.84. The zero-order valence-electron chi connectivity index (χ0n) is 13.2. The highest BCUT2D eigenvalue weighted by Crippen LogP contribution is 2.36. The zero-order valence-corrected chi connectivity index (χ0v) is 13.2. The van der Waals surface area contributed by atoms with Crippen LogP contribution in [0.5, 0.6) is 0 Å². The smallest absolute Gasteiger partial charge is 0.370 e. The standard InChI is InChI=1S/C18H17F3N2O2/c19-18(20,21)15-4-2-1-3-14(15)12-7-5-11(6-8-12)9-13(17(23)25)10-16(22)24/h1-8,13H,9-10H2,(H2,22,24)(H2,23,25). The van der Waals surface area contributed by atoms with Crippen molar-refractivity contribution in [2.75, 3.05) is 0 Å². The maximum atomic E-state index is 13.1. The van der Waals surface area contributed by atoms with Gasteiger partial charge < -0.3 is 11.5 Å². The lowest BCUT2D eigenvalue weighted by molar-refractivity contribution is -0.137. The third-order valence-corrected chi connectivity index (χ3v) is 3.83. The number of carbonyl (C=O) groups excluding carboxylic acids is 2. The first-order valence-corrected chi connectivity index (χ1v) is 7.51. The van der Waals surface area contributed by atoms with E-state index in [9.17, 15) is 22.8 Å². The lowest BCUT2D eigenvalue weighted by Crippen LogP contribution is -2.29. The van der Waals surface area contributed by atoms with Crippen LogP contribution in [0.1, 0.15) is 17.5 Å². The molecule has 0 bridgehead atoms. The second kappa shape index (κ2) is 7.38. The van der Waals surface area contributed by atoms with Crippen LogP contribution in [0.2, 0.25) is 0 Å². The SMILES string of the molecule is NC(=O)CC(Cc1ccc(-c2ccccc2C(F)(F)F)cc1)C(N)=O. The molecule has 2 rings (SSSR count). The molecule has 2 aromatic rings. The van der Waals surface area contributed by atoms with Crippen molar-refractivity contribution in [3.8, 4) is 11.1 Å². The summed E-state index contributed by atoms with van der Waals surface area (Å²) in [5, 5.41) is 0. The zero-order chi connectivity index (χ0) is 18.6. The van der Waals surface area contributed by atoms with Crippen molar-refractivity contribution < 1.29 is 22.8 Å². The number of benzene rings is 2. The van der Waals surface area contributed by atoms with Gasteiger partial charge >= 0.3 is 6.18 Å². The molecule has 2 amide bonds. The number of halogens is 3. The van der Waals surface area contributed by atoms with E-state index < -0.39 is 29.5 Å². The first kappa shape index (κ1) is 18.5. The molecule has 25 heavy (non-hydrogen) atoms. The van der Waals surface area contributed by atoms with Gasteiger partial charge in [0.25, 0.3) is 0 Å². The largest absolute Gasteiger partial charge is 0.417 e. The quantitative estimate of drug-likeness (QED) is 0.839. The molecule has 0 saturated carbocycles. The molecule has 0 saturated heterocycles. The molecule has 0 aliphatic heterocycles. The predicted octanol–water partition coefficient (Wildman–Crippen LogP) is 2.89. The Morgan fingerprint density at radius 1 is 0.960 bits per heavy atom. The minimum atomic E-state index is -4.45. The number of alkyl halides is 3. The fourth-order valence-electron chi connectivity index (χ4n) is 2.60. The summed E-state index contributed by atoms with van der Waals surface area (Å²) in [7, 11) is 0. The van der Waals surface area contributed by atoms with Gasteiger partial charge in [0.15, 0.2) is 0 Å². The normalized spacial score (nSPS) is 12.6. The van der Waals surface area contributed by atoms with Crippen LogP contribution in [0.25, 0.3) is 11.1 Å². The Morgan fingerprint density at radius 3 is 2.08 bits per heavy atom. The third kappa shape index (κ3) is 4.82. The van der Waals surface area contributed by atoms with E-state index in [4.69, 9.17) is 11.5 Å². The molecule has 0 aliphatic rings. The molecule has 2 aromatic carbocycles. The third-order valence-electron chi connectivity index (χ3n) is 3.83. The summed E-state index contributed by atoms with van der Waals surface area (Å²) in [4.78, 5) is 22.4. The Labute approximate surface area is 142 Å². The molecular weight excluding hydrogens is 333 g/mol. The molecule has 4 nitrogen and oxygen atoms in total. The minimum absolute atomic E-state index is 0.0742. The maximum absolute atomic E-state index is 13.1. The maximum Gasteiger partial charge on any atom is 0.417 e. The van der Waals surface area contributed by atoms with Crippen LogP contribution in [0.15, 0.2) is 48.5 Å². The van der Waals surface area contributed by atoms with Crippen LogP contribution in [-0.2, 0) is 22.2 Å². The Kier molecular flexibility index (Phi) is 5.46. The molecule has 0 radical (unpaired) electrons. The summed E-state index contributed by atoms with van der Waals surface area (Å²) in [5.74, 6) is -2.03. The van der Waals surface area contributed by atoms with Crippen molar-refractivity contribution in [1.29, 1.82) is 0 Å². The summed E-state index contributed by atoms with van der Waals surface area (Å²) < 4.78 is 39.3. The lowest BCUT2D eigenvalue weighted by Gasteiger charge is -2.14. The summed E-state index contributed by atoms with van der Waals surface area (Å²) in [5.41, 5.74) is 10.8. The average Bonchev–Trinajstić information content (AvgIpc) is 2.53. The van der Waals surface area contributed by atoms with Gasteiger partial charge in [0.2, 0.25) is 11.8 Å². The van der Waals surface area contributed by atoms with Crippen molar-refractivity contribution in [2.45, 2.75) is 19.0 Å². The Bertz CT molecular complexity index is 771. The Morgan fingerprint density at radius 2 is 1.56 bits per heavy atom. The van der Waals surface area contributed by atoms with Gasteiger partial charge in [-0.05, 0) is 29.2 Å². The number of rotatable bonds is 6. The van der Waals surface area contributed by atoms with Crippen LogP contribution in [0, 0.1) is 5.92 Å². The van der Waals surface area contributed by atoms with Gasteiger partial charge in [-0.25, -0.2) is 0 Å². The molecule has 0 heterocycles. The van der Waals surface area contributed by atoms with Crippen LogP contribution in [-0.4, -0.2) is 11.8 Å². The molecule has 0 aliphatic carbocycles. The molecule has 0 fully saturated rings. The van der Waals surface area contributed by atoms with Gasteiger partial charge in [-0.1, -0.05) is 42.5 Å². The van der Waals surface area contributed by atoms with Gasteiger partial charge in [-0.2, -0.15) is 13.2 Å². The van der Waals surface area contributed by atoms with Crippen LogP contribution < -0.4 is 11.5 Å². The van der Waals surface area contributed by atoms with Crippen molar-refractivity contribution in [1.82, 2.24) is 0 Å². The number of nitrogens with two attached hydrogens (primary N) is 2.